The minimum atomic E-state index is -0.105. The van der Waals surface area contributed by atoms with E-state index in [1.54, 1.807) is 18.0 Å². The fourth-order valence-electron chi connectivity index (χ4n) is 2.07. The van der Waals surface area contributed by atoms with Crippen LogP contribution in [0.15, 0.2) is 40.8 Å². The molecule has 2 aromatic heterocycles. The molecule has 0 saturated carbocycles. The van der Waals surface area contributed by atoms with Gasteiger partial charge in [-0.2, -0.15) is 14.9 Å². The van der Waals surface area contributed by atoms with Crippen LogP contribution in [-0.4, -0.2) is 32.0 Å². The molecule has 0 spiro atoms. The standard InChI is InChI=1S/C15H14N6OS2/c1-10-18-19-14(23)21(10)16-8-12-9-24-15(17-12)20(11(2)22)13-6-4-3-5-7-13/h3-9H,1-2H3,(H,19,23)/b16-8-. The monoisotopic (exact) mass is 358 g/mol. The topological polar surface area (TPSA) is 79.2 Å². The Labute approximate surface area is 147 Å². The molecule has 24 heavy (non-hydrogen) atoms. The zero-order chi connectivity index (χ0) is 17.1. The van der Waals surface area contributed by atoms with Crippen molar-refractivity contribution < 1.29 is 4.79 Å². The van der Waals surface area contributed by atoms with Crippen molar-refractivity contribution >= 4 is 46.5 Å². The number of aryl methyl sites for hydroxylation is 1. The molecule has 1 amide bonds. The molecule has 1 N–H and O–H groups in total. The highest BCUT2D eigenvalue weighted by Crippen LogP contribution is 2.28. The van der Waals surface area contributed by atoms with Gasteiger partial charge in [-0.25, -0.2) is 4.98 Å². The van der Waals surface area contributed by atoms with E-state index in [1.807, 2.05) is 35.7 Å². The number of para-hydroxylation sites is 1. The number of aromatic amines is 1. The Morgan fingerprint density at radius 2 is 2.17 bits per heavy atom. The van der Waals surface area contributed by atoms with Gasteiger partial charge in [0, 0.05) is 12.3 Å². The summed E-state index contributed by atoms with van der Waals surface area (Å²) in [4.78, 5) is 18.0. The van der Waals surface area contributed by atoms with Crippen LogP contribution in [-0.2, 0) is 4.79 Å². The highest BCUT2D eigenvalue weighted by molar-refractivity contribution is 7.71. The number of aromatic nitrogens is 4. The minimum Gasteiger partial charge on any atom is -0.274 e. The number of carbonyl (C=O) groups excluding carboxylic acids is 1. The van der Waals surface area contributed by atoms with Gasteiger partial charge in [0.15, 0.2) is 5.13 Å². The summed E-state index contributed by atoms with van der Waals surface area (Å²) < 4.78 is 1.92. The zero-order valence-electron chi connectivity index (χ0n) is 13.0. The lowest BCUT2D eigenvalue weighted by molar-refractivity contribution is -0.115. The summed E-state index contributed by atoms with van der Waals surface area (Å²) in [5, 5.41) is 13.3. The Kier molecular flexibility index (Phi) is 4.63. The number of rotatable bonds is 4. The summed E-state index contributed by atoms with van der Waals surface area (Å²) in [5.41, 5.74) is 1.41. The molecule has 122 valence electrons. The number of hydrogen-bond donors (Lipinski definition) is 1. The van der Waals surface area contributed by atoms with Crippen molar-refractivity contribution in [3.63, 3.8) is 0 Å². The third-order valence-corrected chi connectivity index (χ3v) is 4.26. The Morgan fingerprint density at radius 3 is 2.79 bits per heavy atom. The van der Waals surface area contributed by atoms with Crippen molar-refractivity contribution in [1.29, 1.82) is 0 Å². The number of carbonyl (C=O) groups is 1. The smallest absolute Gasteiger partial charge is 0.230 e. The fraction of sp³-hybridized carbons (Fsp3) is 0.133. The second-order valence-electron chi connectivity index (χ2n) is 4.88. The number of H-pyrrole nitrogens is 1. The largest absolute Gasteiger partial charge is 0.274 e. The molecule has 2 heterocycles. The first-order chi connectivity index (χ1) is 11.6. The molecule has 1 aromatic carbocycles. The molecule has 0 unspecified atom stereocenters. The van der Waals surface area contributed by atoms with Crippen LogP contribution in [0.5, 0.6) is 0 Å². The van der Waals surface area contributed by atoms with Crippen molar-refractivity contribution in [2.24, 2.45) is 5.10 Å². The quantitative estimate of drug-likeness (QED) is 0.573. The molecule has 0 fully saturated rings. The lowest BCUT2D eigenvalue weighted by Crippen LogP contribution is -2.22. The van der Waals surface area contributed by atoms with E-state index in [4.69, 9.17) is 12.2 Å². The van der Waals surface area contributed by atoms with Gasteiger partial charge in [0.1, 0.15) is 5.82 Å². The van der Waals surface area contributed by atoms with Gasteiger partial charge < -0.3 is 0 Å². The molecule has 0 radical (unpaired) electrons. The second-order valence-corrected chi connectivity index (χ2v) is 6.10. The molecule has 0 atom stereocenters. The number of thiazole rings is 1. The zero-order valence-corrected chi connectivity index (χ0v) is 14.6. The summed E-state index contributed by atoms with van der Waals surface area (Å²) in [6, 6.07) is 9.39. The third kappa shape index (κ3) is 3.31. The molecular formula is C15H14N6OS2. The lowest BCUT2D eigenvalue weighted by atomic mass is 10.3. The summed E-state index contributed by atoms with van der Waals surface area (Å²) in [6.07, 6.45) is 1.58. The van der Waals surface area contributed by atoms with Gasteiger partial charge in [-0.15, -0.1) is 11.3 Å². The van der Waals surface area contributed by atoms with Gasteiger partial charge >= 0.3 is 0 Å². The highest BCUT2D eigenvalue weighted by atomic mass is 32.1. The molecule has 0 aliphatic carbocycles. The number of benzene rings is 1. The maximum absolute atomic E-state index is 12.0. The molecule has 9 heteroatoms. The van der Waals surface area contributed by atoms with Crippen molar-refractivity contribution in [2.75, 3.05) is 4.90 Å². The van der Waals surface area contributed by atoms with Gasteiger partial charge in [0.05, 0.1) is 17.6 Å². The first-order valence-corrected chi connectivity index (χ1v) is 8.34. The average molecular weight is 358 g/mol. The first-order valence-electron chi connectivity index (χ1n) is 7.06. The van der Waals surface area contributed by atoms with Crippen molar-refractivity contribution in [2.45, 2.75) is 13.8 Å². The van der Waals surface area contributed by atoms with Crippen LogP contribution in [0.4, 0.5) is 10.8 Å². The third-order valence-electron chi connectivity index (χ3n) is 3.15. The molecular weight excluding hydrogens is 344 g/mol. The molecule has 0 aliphatic heterocycles. The summed E-state index contributed by atoms with van der Waals surface area (Å²) >= 11 is 6.46. The molecule has 7 nitrogen and oxygen atoms in total. The fourth-order valence-corrected chi connectivity index (χ4v) is 3.13. The number of nitrogens with zero attached hydrogens (tertiary/aromatic N) is 5. The van der Waals surface area contributed by atoms with Crippen LogP contribution >= 0.6 is 23.6 Å². The molecule has 3 aromatic rings. The van der Waals surface area contributed by atoms with Crippen LogP contribution in [0.1, 0.15) is 18.4 Å². The van der Waals surface area contributed by atoms with E-state index in [-0.39, 0.29) is 5.91 Å². The van der Waals surface area contributed by atoms with Crippen molar-refractivity contribution in [1.82, 2.24) is 19.9 Å². The number of anilines is 2. The lowest BCUT2D eigenvalue weighted by Gasteiger charge is -2.17. The second kappa shape index (κ2) is 6.85. The number of hydrogen-bond acceptors (Lipinski definition) is 6. The molecule has 0 saturated heterocycles. The molecule has 3 rings (SSSR count). The van der Waals surface area contributed by atoms with Gasteiger partial charge in [0.25, 0.3) is 0 Å². The van der Waals surface area contributed by atoms with E-state index in [1.165, 1.54) is 22.9 Å². The van der Waals surface area contributed by atoms with Crippen LogP contribution in [0.2, 0.25) is 0 Å². The van der Waals surface area contributed by atoms with Gasteiger partial charge in [-0.1, -0.05) is 18.2 Å². The van der Waals surface area contributed by atoms with Crippen molar-refractivity contribution in [3.8, 4) is 0 Å². The minimum absolute atomic E-state index is 0.105. The summed E-state index contributed by atoms with van der Waals surface area (Å²) in [7, 11) is 0. The van der Waals surface area contributed by atoms with Crippen LogP contribution in [0.25, 0.3) is 0 Å². The van der Waals surface area contributed by atoms with Gasteiger partial charge in [0.2, 0.25) is 10.7 Å². The normalized spacial score (nSPS) is 11.1. The maximum atomic E-state index is 12.0. The van der Waals surface area contributed by atoms with Gasteiger partial charge in [-0.3, -0.25) is 14.8 Å². The average Bonchev–Trinajstić information content (AvgIpc) is 3.14. The maximum Gasteiger partial charge on any atom is 0.230 e. The van der Waals surface area contributed by atoms with Crippen molar-refractivity contribution in [3.05, 3.63) is 52.0 Å². The molecule has 0 bridgehead atoms. The summed E-state index contributed by atoms with van der Waals surface area (Å²) in [6.45, 7) is 3.30. The Hall–Kier alpha value is -2.65. The van der Waals surface area contributed by atoms with E-state index in [0.29, 0.717) is 21.4 Å². The van der Waals surface area contributed by atoms with E-state index >= 15 is 0 Å². The number of amides is 1. The Balaban J connectivity index is 1.89. The Morgan fingerprint density at radius 1 is 1.42 bits per heavy atom. The van der Waals surface area contributed by atoms with Crippen LogP contribution in [0.3, 0.4) is 0 Å². The van der Waals surface area contributed by atoms with E-state index in [9.17, 15) is 4.79 Å². The predicted octanol–water partition coefficient (Wildman–Crippen LogP) is 3.27. The summed E-state index contributed by atoms with van der Waals surface area (Å²) in [5.74, 6) is 0.549. The van der Waals surface area contributed by atoms with Gasteiger partial charge in [-0.05, 0) is 31.3 Å². The van der Waals surface area contributed by atoms with E-state index < -0.39 is 0 Å². The van der Waals surface area contributed by atoms with E-state index in [2.05, 4.69) is 20.3 Å². The van der Waals surface area contributed by atoms with E-state index in [0.717, 1.165) is 5.69 Å². The van der Waals surface area contributed by atoms with Crippen LogP contribution in [0, 0.1) is 11.7 Å². The SMILES string of the molecule is CC(=O)N(c1ccccc1)c1nc(/C=N\n2c(C)n[nH]c2=S)cs1. The van der Waals surface area contributed by atoms with Crippen LogP contribution < -0.4 is 4.90 Å². The Bertz CT molecular complexity index is 940. The number of nitrogens with one attached hydrogen (secondary N) is 1. The molecule has 0 aliphatic rings. The first kappa shape index (κ1) is 16.2. The predicted molar refractivity (Wildman–Crippen MR) is 96.5 cm³/mol. The highest BCUT2D eigenvalue weighted by Gasteiger charge is 2.17.